The van der Waals surface area contributed by atoms with Gasteiger partial charge in [0, 0.05) is 6.54 Å². The van der Waals surface area contributed by atoms with E-state index in [1.54, 1.807) is 16.7 Å². The third kappa shape index (κ3) is 2.14. The smallest absolute Gasteiger partial charge is 0.243 e. The fourth-order valence-electron chi connectivity index (χ4n) is 0.983. The molecule has 1 heterocycles. The summed E-state index contributed by atoms with van der Waals surface area (Å²) < 4.78 is 0. The van der Waals surface area contributed by atoms with E-state index in [9.17, 15) is 4.79 Å². The first kappa shape index (κ1) is 9.86. The maximum atomic E-state index is 11.2. The molecule has 0 aromatic carbocycles. The van der Waals surface area contributed by atoms with Crippen molar-refractivity contribution in [3.05, 3.63) is 0 Å². The van der Waals surface area contributed by atoms with Gasteiger partial charge in [0.2, 0.25) is 5.91 Å². The Kier molecular flexibility index (Phi) is 3.88. The third-order valence-corrected chi connectivity index (χ3v) is 2.62. The minimum Gasteiger partial charge on any atom is -0.289 e. The largest absolute Gasteiger partial charge is 0.289 e. The van der Waals surface area contributed by atoms with Crippen LogP contribution in [0.1, 0.15) is 6.92 Å². The summed E-state index contributed by atoms with van der Waals surface area (Å²) in [6.45, 7) is 3.44. The van der Waals surface area contributed by atoms with Crippen molar-refractivity contribution < 1.29 is 4.79 Å². The van der Waals surface area contributed by atoms with Gasteiger partial charge in [0.25, 0.3) is 0 Å². The molecule has 0 aromatic rings. The SMILES string of the molecule is CCSC1=NCCN1C(=O)CCl. The van der Waals surface area contributed by atoms with Crippen molar-refractivity contribution in [1.82, 2.24) is 4.90 Å². The van der Waals surface area contributed by atoms with Crippen LogP contribution in [0.2, 0.25) is 0 Å². The van der Waals surface area contributed by atoms with E-state index in [-0.39, 0.29) is 11.8 Å². The van der Waals surface area contributed by atoms with Crippen molar-refractivity contribution in [2.24, 2.45) is 4.99 Å². The zero-order valence-corrected chi connectivity index (χ0v) is 8.49. The van der Waals surface area contributed by atoms with E-state index in [0.717, 1.165) is 10.9 Å². The number of rotatable bonds is 2. The van der Waals surface area contributed by atoms with Crippen molar-refractivity contribution in [3.63, 3.8) is 0 Å². The normalized spacial score (nSPS) is 16.5. The Morgan fingerprint density at radius 1 is 1.83 bits per heavy atom. The molecule has 0 saturated carbocycles. The topological polar surface area (TPSA) is 32.7 Å². The van der Waals surface area contributed by atoms with Crippen LogP contribution in [0.3, 0.4) is 0 Å². The van der Waals surface area contributed by atoms with E-state index in [0.29, 0.717) is 13.1 Å². The standard InChI is InChI=1S/C7H11ClN2OS/c1-2-12-7-9-3-4-10(7)6(11)5-8/h2-5H2,1H3. The maximum Gasteiger partial charge on any atom is 0.243 e. The van der Waals surface area contributed by atoms with E-state index in [4.69, 9.17) is 11.6 Å². The first-order chi connectivity index (χ1) is 5.79. The first-order valence-electron chi connectivity index (χ1n) is 3.83. The van der Waals surface area contributed by atoms with Crippen molar-refractivity contribution in [1.29, 1.82) is 0 Å². The number of halogens is 1. The van der Waals surface area contributed by atoms with Crippen LogP contribution < -0.4 is 0 Å². The zero-order chi connectivity index (χ0) is 8.97. The summed E-state index contributed by atoms with van der Waals surface area (Å²) in [4.78, 5) is 17.1. The summed E-state index contributed by atoms with van der Waals surface area (Å²) in [5.41, 5.74) is 0. The number of hydrogen-bond donors (Lipinski definition) is 0. The van der Waals surface area contributed by atoms with Gasteiger partial charge in [0.05, 0.1) is 6.54 Å². The number of aliphatic imine (C=N–C) groups is 1. The van der Waals surface area contributed by atoms with Crippen LogP contribution in [0.15, 0.2) is 4.99 Å². The average Bonchev–Trinajstić information content (AvgIpc) is 2.52. The molecule has 1 aliphatic heterocycles. The number of amides is 1. The molecule has 0 N–H and O–H groups in total. The summed E-state index contributed by atoms with van der Waals surface area (Å²) in [5.74, 6) is 0.933. The highest BCUT2D eigenvalue weighted by Gasteiger charge is 2.22. The molecule has 0 atom stereocenters. The molecule has 0 aromatic heterocycles. The highest BCUT2D eigenvalue weighted by molar-refractivity contribution is 8.13. The summed E-state index contributed by atoms with van der Waals surface area (Å²) in [6.07, 6.45) is 0. The first-order valence-corrected chi connectivity index (χ1v) is 5.35. The Bertz CT molecular complexity index is 208. The second-order valence-corrected chi connectivity index (χ2v) is 3.77. The molecule has 0 saturated heterocycles. The third-order valence-electron chi connectivity index (χ3n) is 1.49. The number of alkyl halides is 1. The summed E-state index contributed by atoms with van der Waals surface area (Å²) >= 11 is 7.03. The monoisotopic (exact) mass is 206 g/mol. The van der Waals surface area contributed by atoms with Crippen LogP contribution in [0.4, 0.5) is 0 Å². The Hall–Kier alpha value is -0.220. The van der Waals surface area contributed by atoms with Crippen molar-refractivity contribution >= 4 is 34.4 Å². The van der Waals surface area contributed by atoms with Gasteiger partial charge in [-0.3, -0.25) is 14.7 Å². The molecule has 68 valence electrons. The molecule has 3 nitrogen and oxygen atoms in total. The molecule has 12 heavy (non-hydrogen) atoms. The second kappa shape index (κ2) is 4.72. The molecule has 0 fully saturated rings. The Morgan fingerprint density at radius 2 is 2.58 bits per heavy atom. The van der Waals surface area contributed by atoms with Crippen LogP contribution in [-0.4, -0.2) is 40.7 Å². The van der Waals surface area contributed by atoms with Crippen molar-refractivity contribution in [2.75, 3.05) is 24.7 Å². The number of carbonyl (C=O) groups excluding carboxylic acids is 1. The van der Waals surface area contributed by atoms with Gasteiger partial charge in [-0.15, -0.1) is 11.6 Å². The zero-order valence-electron chi connectivity index (χ0n) is 6.92. The van der Waals surface area contributed by atoms with Crippen molar-refractivity contribution in [3.8, 4) is 0 Å². The van der Waals surface area contributed by atoms with Gasteiger partial charge in [0.15, 0.2) is 5.17 Å². The summed E-state index contributed by atoms with van der Waals surface area (Å²) in [6, 6.07) is 0. The van der Waals surface area contributed by atoms with E-state index in [1.807, 2.05) is 6.92 Å². The maximum absolute atomic E-state index is 11.2. The fourth-order valence-corrected chi connectivity index (χ4v) is 1.92. The van der Waals surface area contributed by atoms with Gasteiger partial charge in [0.1, 0.15) is 5.88 Å². The Morgan fingerprint density at radius 3 is 3.17 bits per heavy atom. The highest BCUT2D eigenvalue weighted by atomic mass is 35.5. The second-order valence-electron chi connectivity index (χ2n) is 2.28. The van der Waals surface area contributed by atoms with E-state index < -0.39 is 0 Å². The predicted molar refractivity (Wildman–Crippen MR) is 52.9 cm³/mol. The van der Waals surface area contributed by atoms with Gasteiger partial charge < -0.3 is 0 Å². The van der Waals surface area contributed by atoms with E-state index >= 15 is 0 Å². The van der Waals surface area contributed by atoms with Crippen LogP contribution in [0.5, 0.6) is 0 Å². The average molecular weight is 207 g/mol. The highest BCUT2D eigenvalue weighted by Crippen LogP contribution is 2.14. The van der Waals surface area contributed by atoms with Crippen LogP contribution in [0.25, 0.3) is 0 Å². The van der Waals surface area contributed by atoms with Crippen LogP contribution in [0, 0.1) is 0 Å². The molecule has 0 spiro atoms. The van der Waals surface area contributed by atoms with Crippen molar-refractivity contribution in [2.45, 2.75) is 6.92 Å². The lowest BCUT2D eigenvalue weighted by Gasteiger charge is -2.15. The number of nitrogens with zero attached hydrogens (tertiary/aromatic N) is 2. The molecule has 5 heteroatoms. The molecule has 0 unspecified atom stereocenters. The number of thioether (sulfide) groups is 1. The Labute approximate surface area is 81.2 Å². The molecule has 1 rings (SSSR count). The predicted octanol–water partition coefficient (Wildman–Crippen LogP) is 1.18. The van der Waals surface area contributed by atoms with Gasteiger partial charge in [-0.2, -0.15) is 0 Å². The molecular formula is C7H11ClN2OS. The quantitative estimate of drug-likeness (QED) is 0.636. The number of amidine groups is 1. The van der Waals surface area contributed by atoms with Crippen LogP contribution >= 0.6 is 23.4 Å². The molecule has 1 aliphatic rings. The summed E-state index contributed by atoms with van der Waals surface area (Å²) in [5, 5.41) is 0.822. The summed E-state index contributed by atoms with van der Waals surface area (Å²) in [7, 11) is 0. The lowest BCUT2D eigenvalue weighted by molar-refractivity contribution is -0.124. The number of hydrogen-bond acceptors (Lipinski definition) is 3. The van der Waals surface area contributed by atoms with Gasteiger partial charge in [-0.1, -0.05) is 18.7 Å². The minimum absolute atomic E-state index is 0.0449. The van der Waals surface area contributed by atoms with Gasteiger partial charge in [-0.25, -0.2) is 0 Å². The molecule has 0 radical (unpaired) electrons. The number of carbonyl (C=O) groups is 1. The minimum atomic E-state index is -0.0473. The molecule has 0 bridgehead atoms. The molecule has 1 amide bonds. The van der Waals surface area contributed by atoms with Gasteiger partial charge in [-0.05, 0) is 5.75 Å². The molecule has 0 aliphatic carbocycles. The van der Waals surface area contributed by atoms with E-state index in [1.165, 1.54) is 0 Å². The lowest BCUT2D eigenvalue weighted by Crippen LogP contribution is -2.33. The Balaban J connectivity index is 2.55. The molecular weight excluding hydrogens is 196 g/mol. The van der Waals surface area contributed by atoms with Gasteiger partial charge >= 0.3 is 0 Å². The van der Waals surface area contributed by atoms with E-state index in [2.05, 4.69) is 4.99 Å². The lowest BCUT2D eigenvalue weighted by atomic mass is 10.5. The fraction of sp³-hybridized carbons (Fsp3) is 0.714. The van der Waals surface area contributed by atoms with Crippen LogP contribution in [-0.2, 0) is 4.79 Å².